The van der Waals surface area contributed by atoms with Crippen LogP contribution in [0.3, 0.4) is 0 Å². The topological polar surface area (TPSA) is 69.4 Å². The first-order valence-corrected chi connectivity index (χ1v) is 6.55. The van der Waals surface area contributed by atoms with Crippen LogP contribution in [0.5, 0.6) is 0 Å². The van der Waals surface area contributed by atoms with Gasteiger partial charge in [0.05, 0.1) is 12.8 Å². The zero-order valence-corrected chi connectivity index (χ0v) is 12.1. The largest absolute Gasteiger partial charge is 0.463 e. The number of hydrogen-bond acceptors (Lipinski definition) is 5. The first-order valence-electron chi connectivity index (χ1n) is 6.17. The van der Waals surface area contributed by atoms with E-state index in [0.717, 1.165) is 17.0 Å². The van der Waals surface area contributed by atoms with Gasteiger partial charge in [-0.3, -0.25) is 4.40 Å². The quantitative estimate of drug-likeness (QED) is 0.680. The van der Waals surface area contributed by atoms with E-state index in [0.29, 0.717) is 10.8 Å². The van der Waals surface area contributed by atoms with Crippen molar-refractivity contribution in [2.45, 2.75) is 6.92 Å². The molecule has 0 saturated carbocycles. The summed E-state index contributed by atoms with van der Waals surface area (Å²) in [6, 6.07) is 9.19. The average Bonchev–Trinajstić information content (AvgIpc) is 2.91. The summed E-state index contributed by atoms with van der Waals surface area (Å²) in [6.07, 6.45) is 0. The van der Waals surface area contributed by atoms with Crippen LogP contribution in [0.25, 0.3) is 17.0 Å². The standard InChI is InChI=1S/C14H11ClN4O2/c1-8-7-11(9-3-5-10(15)6-4-9)16-14-18-17-12(19(8)14)13(20)21-2/h3-7H,1-2H3. The molecule has 7 heteroatoms. The number of fused-ring (bicyclic) bond motifs is 1. The molecule has 0 fully saturated rings. The van der Waals surface area contributed by atoms with Crippen molar-refractivity contribution < 1.29 is 9.53 Å². The third kappa shape index (κ3) is 2.34. The predicted molar refractivity (Wildman–Crippen MR) is 77.3 cm³/mol. The van der Waals surface area contributed by atoms with Gasteiger partial charge in [-0.15, -0.1) is 10.2 Å². The predicted octanol–water partition coefficient (Wildman–Crippen LogP) is 2.54. The second-order valence-corrected chi connectivity index (χ2v) is 4.88. The van der Waals surface area contributed by atoms with Crippen molar-refractivity contribution in [2.75, 3.05) is 7.11 Å². The molecule has 1 aromatic carbocycles. The van der Waals surface area contributed by atoms with Gasteiger partial charge in [0.1, 0.15) is 0 Å². The number of halogens is 1. The smallest absolute Gasteiger partial charge is 0.376 e. The Morgan fingerprint density at radius 3 is 2.62 bits per heavy atom. The third-order valence-corrected chi connectivity index (χ3v) is 3.32. The van der Waals surface area contributed by atoms with Gasteiger partial charge in [-0.25, -0.2) is 9.78 Å². The SMILES string of the molecule is COC(=O)c1nnc2nc(-c3ccc(Cl)cc3)cc(C)n12. The molecule has 3 aromatic rings. The van der Waals surface area contributed by atoms with Crippen molar-refractivity contribution in [3.63, 3.8) is 0 Å². The van der Waals surface area contributed by atoms with Gasteiger partial charge < -0.3 is 4.74 Å². The minimum absolute atomic E-state index is 0.111. The summed E-state index contributed by atoms with van der Waals surface area (Å²) in [7, 11) is 1.30. The molecule has 0 aliphatic rings. The molecule has 0 saturated heterocycles. The van der Waals surface area contributed by atoms with Crippen molar-refractivity contribution in [3.8, 4) is 11.3 Å². The number of rotatable bonds is 2. The van der Waals surface area contributed by atoms with Gasteiger partial charge in [0, 0.05) is 16.3 Å². The van der Waals surface area contributed by atoms with E-state index in [9.17, 15) is 4.79 Å². The molecule has 6 nitrogen and oxygen atoms in total. The normalized spacial score (nSPS) is 10.8. The second-order valence-electron chi connectivity index (χ2n) is 4.44. The monoisotopic (exact) mass is 302 g/mol. The molecular formula is C14H11ClN4O2. The van der Waals surface area contributed by atoms with Crippen LogP contribution < -0.4 is 0 Å². The summed E-state index contributed by atoms with van der Waals surface area (Å²) < 4.78 is 6.24. The molecular weight excluding hydrogens is 292 g/mol. The average molecular weight is 303 g/mol. The number of hydrogen-bond donors (Lipinski definition) is 0. The zero-order valence-electron chi connectivity index (χ0n) is 11.4. The minimum atomic E-state index is -0.549. The molecule has 0 radical (unpaired) electrons. The lowest BCUT2D eigenvalue weighted by atomic mass is 10.1. The Bertz CT molecular complexity index is 827. The van der Waals surface area contributed by atoms with E-state index in [-0.39, 0.29) is 5.82 Å². The van der Waals surface area contributed by atoms with Crippen LogP contribution >= 0.6 is 11.6 Å². The van der Waals surface area contributed by atoms with E-state index in [4.69, 9.17) is 11.6 Å². The van der Waals surface area contributed by atoms with Crippen molar-refractivity contribution in [1.29, 1.82) is 0 Å². The van der Waals surface area contributed by atoms with E-state index in [2.05, 4.69) is 19.9 Å². The van der Waals surface area contributed by atoms with Crippen LogP contribution in [-0.4, -0.2) is 32.7 Å². The molecule has 0 N–H and O–H groups in total. The molecule has 106 valence electrons. The van der Waals surface area contributed by atoms with Crippen LogP contribution in [0.1, 0.15) is 16.3 Å². The highest BCUT2D eigenvalue weighted by atomic mass is 35.5. The number of aryl methyl sites for hydroxylation is 1. The molecule has 0 unspecified atom stereocenters. The van der Waals surface area contributed by atoms with Crippen LogP contribution in [-0.2, 0) is 4.74 Å². The van der Waals surface area contributed by atoms with Gasteiger partial charge in [-0.05, 0) is 25.1 Å². The number of esters is 1. The summed E-state index contributed by atoms with van der Waals surface area (Å²) in [4.78, 5) is 16.1. The van der Waals surface area contributed by atoms with Crippen LogP contribution in [0, 0.1) is 6.92 Å². The highest BCUT2D eigenvalue weighted by Gasteiger charge is 2.18. The molecule has 0 atom stereocenters. The number of nitrogens with zero attached hydrogens (tertiary/aromatic N) is 4. The lowest BCUT2D eigenvalue weighted by Crippen LogP contribution is -2.09. The first-order chi connectivity index (χ1) is 10.1. The Morgan fingerprint density at radius 2 is 1.95 bits per heavy atom. The molecule has 0 aliphatic carbocycles. The van der Waals surface area contributed by atoms with Crippen LogP contribution in [0.2, 0.25) is 5.02 Å². The fraction of sp³-hybridized carbons (Fsp3) is 0.143. The Kier molecular flexibility index (Phi) is 3.31. The number of benzene rings is 1. The Labute approximate surface area is 125 Å². The lowest BCUT2D eigenvalue weighted by molar-refractivity contribution is 0.0585. The zero-order chi connectivity index (χ0) is 15.0. The maximum Gasteiger partial charge on any atom is 0.376 e. The van der Waals surface area contributed by atoms with E-state index >= 15 is 0 Å². The summed E-state index contributed by atoms with van der Waals surface area (Å²) in [6.45, 7) is 1.85. The van der Waals surface area contributed by atoms with Gasteiger partial charge in [-0.2, -0.15) is 0 Å². The highest BCUT2D eigenvalue weighted by Crippen LogP contribution is 2.21. The maximum atomic E-state index is 11.6. The van der Waals surface area contributed by atoms with Crippen LogP contribution in [0.4, 0.5) is 0 Å². The summed E-state index contributed by atoms with van der Waals surface area (Å²) in [5, 5.41) is 8.42. The number of carbonyl (C=O) groups is 1. The lowest BCUT2D eigenvalue weighted by Gasteiger charge is -2.06. The van der Waals surface area contributed by atoms with Crippen LogP contribution in [0.15, 0.2) is 30.3 Å². The second kappa shape index (κ2) is 5.14. The van der Waals surface area contributed by atoms with E-state index in [1.165, 1.54) is 7.11 Å². The molecule has 0 bridgehead atoms. The Morgan fingerprint density at radius 1 is 1.24 bits per heavy atom. The van der Waals surface area contributed by atoms with Gasteiger partial charge >= 0.3 is 5.97 Å². The molecule has 0 aliphatic heterocycles. The Balaban J connectivity index is 2.16. The van der Waals surface area contributed by atoms with E-state index in [1.54, 1.807) is 16.5 Å². The number of aromatic nitrogens is 4. The maximum absolute atomic E-state index is 11.6. The highest BCUT2D eigenvalue weighted by molar-refractivity contribution is 6.30. The molecule has 0 amide bonds. The summed E-state index contributed by atoms with van der Waals surface area (Å²) >= 11 is 5.88. The fourth-order valence-electron chi connectivity index (χ4n) is 2.07. The number of methoxy groups -OCH3 is 1. The molecule has 2 aromatic heterocycles. The van der Waals surface area contributed by atoms with Crippen molar-refractivity contribution in [1.82, 2.24) is 19.6 Å². The third-order valence-electron chi connectivity index (χ3n) is 3.07. The van der Waals surface area contributed by atoms with Crippen molar-refractivity contribution in [2.24, 2.45) is 0 Å². The number of carbonyl (C=O) groups excluding carboxylic acids is 1. The van der Waals surface area contributed by atoms with Crippen molar-refractivity contribution >= 4 is 23.3 Å². The molecule has 3 rings (SSSR count). The molecule has 0 spiro atoms. The molecule has 2 heterocycles. The first kappa shape index (κ1) is 13.5. The van der Waals surface area contributed by atoms with Gasteiger partial charge in [-0.1, -0.05) is 23.7 Å². The Hall–Kier alpha value is -2.47. The summed E-state index contributed by atoms with van der Waals surface area (Å²) in [5.41, 5.74) is 2.43. The summed E-state index contributed by atoms with van der Waals surface area (Å²) in [5.74, 6) is -0.0906. The fourth-order valence-corrected chi connectivity index (χ4v) is 2.19. The molecule has 21 heavy (non-hydrogen) atoms. The number of ether oxygens (including phenoxy) is 1. The van der Waals surface area contributed by atoms with Gasteiger partial charge in [0.15, 0.2) is 0 Å². The van der Waals surface area contributed by atoms with Crippen molar-refractivity contribution in [3.05, 3.63) is 46.9 Å². The van der Waals surface area contributed by atoms with E-state index < -0.39 is 5.97 Å². The van der Waals surface area contributed by atoms with Gasteiger partial charge in [0.2, 0.25) is 5.82 Å². The van der Waals surface area contributed by atoms with E-state index in [1.807, 2.05) is 25.1 Å². The van der Waals surface area contributed by atoms with Gasteiger partial charge in [0.25, 0.3) is 5.78 Å². The minimum Gasteiger partial charge on any atom is -0.463 e.